The van der Waals surface area contributed by atoms with Gasteiger partial charge in [-0.1, -0.05) is 41.9 Å². The fourth-order valence-corrected chi connectivity index (χ4v) is 8.01. The lowest BCUT2D eigenvalue weighted by Gasteiger charge is -2.35. The zero-order chi connectivity index (χ0) is 31.3. The highest BCUT2D eigenvalue weighted by Crippen LogP contribution is 2.36. The quantitative estimate of drug-likeness (QED) is 0.295. The van der Waals surface area contributed by atoms with Crippen molar-refractivity contribution in [3.05, 3.63) is 94.5 Å². The lowest BCUT2D eigenvalue weighted by atomic mass is 9.76. The molecule has 3 atom stereocenters. The van der Waals surface area contributed by atoms with E-state index in [2.05, 4.69) is 10.6 Å². The Morgan fingerprint density at radius 2 is 1.82 bits per heavy atom. The second kappa shape index (κ2) is 14.4. The van der Waals surface area contributed by atoms with Crippen molar-refractivity contribution in [1.82, 2.24) is 9.62 Å². The molecule has 3 aromatic carbocycles. The third-order valence-corrected chi connectivity index (χ3v) is 10.8. The molecule has 44 heavy (non-hydrogen) atoms. The maximum absolute atomic E-state index is 15.3. The van der Waals surface area contributed by atoms with E-state index in [1.807, 2.05) is 0 Å². The molecule has 236 valence electrons. The molecule has 4 N–H and O–H groups in total. The molecular formula is C32H37ClF2N4O4S. The van der Waals surface area contributed by atoms with E-state index >= 15 is 4.39 Å². The molecule has 2 aliphatic rings. The molecule has 3 aromatic rings. The van der Waals surface area contributed by atoms with Crippen molar-refractivity contribution in [2.75, 3.05) is 38.2 Å². The molecule has 0 spiro atoms. The number of rotatable bonds is 10. The van der Waals surface area contributed by atoms with E-state index in [9.17, 15) is 17.6 Å². The lowest BCUT2D eigenvalue weighted by molar-refractivity contribution is -0.118. The smallest absolute Gasteiger partial charge is 0.243 e. The highest BCUT2D eigenvalue weighted by molar-refractivity contribution is 7.89. The number of nitrogens with zero attached hydrogens (tertiary/aromatic N) is 1. The van der Waals surface area contributed by atoms with Crippen molar-refractivity contribution in [1.29, 1.82) is 0 Å². The van der Waals surface area contributed by atoms with Crippen LogP contribution >= 0.6 is 11.6 Å². The van der Waals surface area contributed by atoms with Gasteiger partial charge in [-0.15, -0.1) is 0 Å². The highest BCUT2D eigenvalue weighted by Gasteiger charge is 2.36. The Hall–Kier alpha value is -2.93. The van der Waals surface area contributed by atoms with Crippen LogP contribution in [0, 0.1) is 17.6 Å². The Morgan fingerprint density at radius 1 is 1.07 bits per heavy atom. The second-order valence-corrected chi connectivity index (χ2v) is 13.6. The largest absolute Gasteiger partial charge is 0.381 e. The molecule has 2 aliphatic heterocycles. The number of halogens is 3. The van der Waals surface area contributed by atoms with Gasteiger partial charge in [0.2, 0.25) is 15.9 Å². The molecule has 0 aromatic heterocycles. The van der Waals surface area contributed by atoms with Gasteiger partial charge in [0.05, 0.1) is 16.0 Å². The van der Waals surface area contributed by atoms with E-state index < -0.39 is 45.6 Å². The van der Waals surface area contributed by atoms with Crippen molar-refractivity contribution in [3.63, 3.8) is 0 Å². The minimum absolute atomic E-state index is 0.0230. The summed E-state index contributed by atoms with van der Waals surface area (Å²) in [4.78, 5) is 13.8. The fourth-order valence-electron chi connectivity index (χ4n) is 6.22. The molecular weight excluding hydrogens is 610 g/mol. The molecule has 2 fully saturated rings. The van der Waals surface area contributed by atoms with Crippen molar-refractivity contribution in [2.45, 2.75) is 48.6 Å². The summed E-state index contributed by atoms with van der Waals surface area (Å²) in [5.74, 6) is -2.20. The monoisotopic (exact) mass is 646 g/mol. The Labute approximate surface area is 262 Å². The standard InChI is InChI=1S/C32H37ClF2N4O4S/c33-26-12-9-22(19-28(26)35)30(21-13-17-43-18-14-21)31(36)32(40)38-29-8-4-7-27(34)25(29)11-10-23-20-37-15-16-39(23)44(41,42)24-5-2-1-3-6-24/h1-9,12,19,21,23,30-31,37H,10-11,13-18,20,36H2,(H,38,40)/t23-,30?,31+/m1/s1. The molecule has 0 aliphatic carbocycles. The highest BCUT2D eigenvalue weighted by atomic mass is 35.5. The first-order valence-corrected chi connectivity index (χ1v) is 16.6. The Morgan fingerprint density at radius 3 is 2.55 bits per heavy atom. The van der Waals surface area contributed by atoms with E-state index in [4.69, 9.17) is 22.1 Å². The van der Waals surface area contributed by atoms with Crippen LogP contribution in [-0.4, -0.2) is 63.6 Å². The van der Waals surface area contributed by atoms with Crippen LogP contribution in [0.1, 0.15) is 36.3 Å². The van der Waals surface area contributed by atoms with Crippen LogP contribution in [0.4, 0.5) is 14.5 Å². The number of piperazine rings is 1. The van der Waals surface area contributed by atoms with Crippen molar-refractivity contribution >= 4 is 33.2 Å². The number of amides is 1. The molecule has 1 amide bonds. The summed E-state index contributed by atoms with van der Waals surface area (Å²) in [6, 6.07) is 15.6. The SMILES string of the molecule is N[C@H](C(=O)Nc1cccc(F)c1CC[C@@H]1CNCCN1S(=O)(=O)c1ccccc1)C(c1ccc(Cl)c(F)c1)C1CCOCC1. The van der Waals surface area contributed by atoms with Crippen LogP contribution in [0.15, 0.2) is 71.6 Å². The number of carbonyl (C=O) groups excluding carboxylic acids is 1. The fraction of sp³-hybridized carbons (Fsp3) is 0.406. The zero-order valence-corrected chi connectivity index (χ0v) is 25.8. The number of nitrogens with one attached hydrogen (secondary N) is 2. The van der Waals surface area contributed by atoms with Gasteiger partial charge >= 0.3 is 0 Å². The summed E-state index contributed by atoms with van der Waals surface area (Å²) < 4.78 is 63.5. The van der Waals surface area contributed by atoms with Gasteiger partial charge in [-0.05, 0) is 73.6 Å². The Balaban J connectivity index is 1.35. The molecule has 0 saturated carbocycles. The molecule has 1 unspecified atom stereocenters. The van der Waals surface area contributed by atoms with E-state index in [0.29, 0.717) is 51.1 Å². The molecule has 12 heteroatoms. The summed E-state index contributed by atoms with van der Waals surface area (Å²) in [5.41, 5.74) is 7.66. The van der Waals surface area contributed by atoms with Gasteiger partial charge in [0, 0.05) is 56.1 Å². The van der Waals surface area contributed by atoms with Gasteiger partial charge in [-0.2, -0.15) is 4.31 Å². The van der Waals surface area contributed by atoms with E-state index in [0.717, 1.165) is 0 Å². The summed E-state index contributed by atoms with van der Waals surface area (Å²) in [7, 11) is -3.75. The maximum Gasteiger partial charge on any atom is 0.243 e. The van der Waals surface area contributed by atoms with Gasteiger partial charge in [0.15, 0.2) is 0 Å². The number of benzene rings is 3. The van der Waals surface area contributed by atoms with Crippen molar-refractivity contribution in [3.8, 4) is 0 Å². The summed E-state index contributed by atoms with van der Waals surface area (Å²) in [6.45, 7) is 2.22. The predicted octanol–water partition coefficient (Wildman–Crippen LogP) is 4.69. The topological polar surface area (TPSA) is 114 Å². The molecule has 2 heterocycles. The van der Waals surface area contributed by atoms with Crippen LogP contribution in [0.3, 0.4) is 0 Å². The third-order valence-electron chi connectivity index (χ3n) is 8.54. The predicted molar refractivity (Wildman–Crippen MR) is 166 cm³/mol. The van der Waals surface area contributed by atoms with Gasteiger partial charge in [0.25, 0.3) is 0 Å². The zero-order valence-electron chi connectivity index (χ0n) is 24.2. The number of carbonyl (C=O) groups is 1. The minimum atomic E-state index is -3.75. The minimum Gasteiger partial charge on any atom is -0.381 e. The Bertz CT molecular complexity index is 1560. The van der Waals surface area contributed by atoms with E-state index in [-0.39, 0.29) is 40.1 Å². The first-order valence-electron chi connectivity index (χ1n) is 14.8. The second-order valence-electron chi connectivity index (χ2n) is 11.3. The normalized spacial score (nSPS) is 19.8. The van der Waals surface area contributed by atoms with Crippen LogP contribution in [0.5, 0.6) is 0 Å². The molecule has 2 saturated heterocycles. The van der Waals surface area contributed by atoms with Gasteiger partial charge in [-0.3, -0.25) is 4.79 Å². The average molecular weight is 647 g/mol. The number of hydrogen-bond acceptors (Lipinski definition) is 6. The number of ether oxygens (including phenoxy) is 1. The summed E-state index contributed by atoms with van der Waals surface area (Å²) in [5, 5.41) is 6.03. The van der Waals surface area contributed by atoms with Crippen LogP contribution in [-0.2, 0) is 26.0 Å². The summed E-state index contributed by atoms with van der Waals surface area (Å²) in [6.07, 6.45) is 1.80. The average Bonchev–Trinajstić information content (AvgIpc) is 3.03. The maximum atomic E-state index is 15.3. The van der Waals surface area contributed by atoms with Crippen molar-refractivity contribution < 1.29 is 26.7 Å². The van der Waals surface area contributed by atoms with E-state index in [1.165, 1.54) is 28.6 Å². The van der Waals surface area contributed by atoms with Crippen LogP contribution < -0.4 is 16.4 Å². The number of anilines is 1. The van der Waals surface area contributed by atoms with Crippen molar-refractivity contribution in [2.24, 2.45) is 11.7 Å². The van der Waals surface area contributed by atoms with Crippen LogP contribution in [0.25, 0.3) is 0 Å². The first-order chi connectivity index (χ1) is 21.2. The first kappa shape index (κ1) is 32.5. The van der Waals surface area contributed by atoms with Gasteiger partial charge in [0.1, 0.15) is 11.6 Å². The number of hydrogen-bond donors (Lipinski definition) is 3. The van der Waals surface area contributed by atoms with E-state index in [1.54, 1.807) is 42.5 Å². The molecule has 0 radical (unpaired) electrons. The van der Waals surface area contributed by atoms with Gasteiger partial charge in [-0.25, -0.2) is 17.2 Å². The molecule has 8 nitrogen and oxygen atoms in total. The van der Waals surface area contributed by atoms with Gasteiger partial charge < -0.3 is 21.1 Å². The number of nitrogens with two attached hydrogens (primary N) is 1. The third kappa shape index (κ3) is 7.30. The molecule has 0 bridgehead atoms. The molecule has 5 rings (SSSR count). The van der Waals surface area contributed by atoms with Crippen LogP contribution in [0.2, 0.25) is 5.02 Å². The number of sulfonamides is 1. The summed E-state index contributed by atoms with van der Waals surface area (Å²) >= 11 is 5.92. The lowest BCUT2D eigenvalue weighted by Crippen LogP contribution is -2.53. The Kier molecular flexibility index (Phi) is 10.7.